The predicted octanol–water partition coefficient (Wildman–Crippen LogP) is 0.881. The summed E-state index contributed by atoms with van der Waals surface area (Å²) < 4.78 is 0. The van der Waals surface area contributed by atoms with Crippen molar-refractivity contribution in [3.63, 3.8) is 0 Å². The van der Waals surface area contributed by atoms with Crippen molar-refractivity contribution in [1.82, 2.24) is 9.80 Å². The van der Waals surface area contributed by atoms with Gasteiger partial charge in [-0.1, -0.05) is 19.8 Å². The molecule has 2 nitrogen and oxygen atoms in total. The third-order valence-electron chi connectivity index (χ3n) is 4.00. The van der Waals surface area contributed by atoms with Crippen molar-refractivity contribution >= 4 is 25.2 Å². The van der Waals surface area contributed by atoms with Crippen LogP contribution in [0, 0.1) is 0 Å². The smallest absolute Gasteiger partial charge is 0.171 e. The lowest BCUT2D eigenvalue weighted by molar-refractivity contribution is 0.185. The van der Waals surface area contributed by atoms with Crippen LogP contribution >= 0.6 is 12.2 Å². The molecule has 3 unspecified atom stereocenters. The van der Waals surface area contributed by atoms with Crippen LogP contribution in [0.2, 0.25) is 5.31 Å². The van der Waals surface area contributed by atoms with Gasteiger partial charge in [0.25, 0.3) is 0 Å². The van der Waals surface area contributed by atoms with Gasteiger partial charge in [0.15, 0.2) is 5.11 Å². The molecule has 78 valence electrons. The maximum atomic E-state index is 5.43. The molecule has 0 spiro atoms. The molecule has 3 atom stereocenters. The maximum absolute atomic E-state index is 5.43. The van der Waals surface area contributed by atoms with Crippen molar-refractivity contribution in [3.05, 3.63) is 0 Å². The van der Waals surface area contributed by atoms with E-state index < -0.39 is 0 Å². The molecule has 0 radical (unpaired) electrons. The van der Waals surface area contributed by atoms with Crippen LogP contribution in [0.15, 0.2) is 0 Å². The fraction of sp³-hybridized carbons (Fsp3) is 0.900. The van der Waals surface area contributed by atoms with Crippen LogP contribution in [0.5, 0.6) is 0 Å². The Morgan fingerprint density at radius 1 is 1.43 bits per heavy atom. The van der Waals surface area contributed by atoms with E-state index in [1.807, 2.05) is 0 Å². The highest BCUT2D eigenvalue weighted by atomic mass is 32.1. The van der Waals surface area contributed by atoms with Crippen LogP contribution in [-0.2, 0) is 0 Å². The van der Waals surface area contributed by atoms with Gasteiger partial charge < -0.3 is 9.80 Å². The zero-order valence-corrected chi connectivity index (χ0v) is 10.4. The number of hydrogen-bond donors (Lipinski definition) is 0. The van der Waals surface area contributed by atoms with Crippen molar-refractivity contribution in [3.8, 4) is 0 Å². The highest BCUT2D eigenvalue weighted by Gasteiger charge is 2.48. The zero-order valence-electron chi connectivity index (χ0n) is 9.58. The standard InChI is InChI=1S/C10H19BN2S/c1-10(11)6-4-5-7-8(10)13(3)9(14)12(7)2/h7-8H,4-6,11H2,1-3H3. The van der Waals surface area contributed by atoms with E-state index in [0.717, 1.165) is 5.11 Å². The van der Waals surface area contributed by atoms with Crippen LogP contribution in [0.3, 0.4) is 0 Å². The van der Waals surface area contributed by atoms with E-state index in [0.29, 0.717) is 17.4 Å². The molecule has 0 amide bonds. The first-order valence-corrected chi connectivity index (χ1v) is 5.85. The maximum Gasteiger partial charge on any atom is 0.171 e. The van der Waals surface area contributed by atoms with Gasteiger partial charge in [-0.15, -0.1) is 0 Å². The summed E-state index contributed by atoms with van der Waals surface area (Å²) in [4.78, 5) is 4.60. The minimum atomic E-state index is 0.409. The third kappa shape index (κ3) is 1.27. The molecule has 4 heteroatoms. The average molecular weight is 210 g/mol. The summed E-state index contributed by atoms with van der Waals surface area (Å²) in [5.41, 5.74) is 0. The van der Waals surface area contributed by atoms with E-state index in [9.17, 15) is 0 Å². The van der Waals surface area contributed by atoms with Crippen molar-refractivity contribution in [1.29, 1.82) is 0 Å². The first-order valence-electron chi connectivity index (χ1n) is 5.45. The molecule has 0 aromatic rings. The molecule has 1 saturated carbocycles. The lowest BCUT2D eigenvalue weighted by Crippen LogP contribution is -2.46. The molecule has 0 aromatic carbocycles. The van der Waals surface area contributed by atoms with Crippen LogP contribution in [-0.4, -0.2) is 48.9 Å². The quantitative estimate of drug-likeness (QED) is 0.433. The molecule has 2 fully saturated rings. The molecule has 2 rings (SSSR count). The van der Waals surface area contributed by atoms with Gasteiger partial charge >= 0.3 is 0 Å². The Labute approximate surface area is 93.0 Å². The molecule has 14 heavy (non-hydrogen) atoms. The number of rotatable bonds is 0. The lowest BCUT2D eigenvalue weighted by atomic mass is 9.57. The van der Waals surface area contributed by atoms with E-state index in [2.05, 4.69) is 38.7 Å². The summed E-state index contributed by atoms with van der Waals surface area (Å²) in [7, 11) is 6.67. The first kappa shape index (κ1) is 10.3. The minimum Gasteiger partial charge on any atom is -0.347 e. The molecule has 1 aliphatic carbocycles. The number of thiocarbonyl (C=S) groups is 1. The van der Waals surface area contributed by atoms with E-state index >= 15 is 0 Å². The molecule has 0 bridgehead atoms. The number of hydrogen-bond acceptors (Lipinski definition) is 1. The van der Waals surface area contributed by atoms with Crippen molar-refractivity contribution in [2.24, 2.45) is 0 Å². The molecule has 1 saturated heterocycles. The summed E-state index contributed by atoms with van der Waals surface area (Å²) in [6, 6.07) is 1.27. The Hall–Kier alpha value is -0.245. The normalized spacial score (nSPS) is 42.9. The lowest BCUT2D eigenvalue weighted by Gasteiger charge is -2.43. The largest absolute Gasteiger partial charge is 0.347 e. The van der Waals surface area contributed by atoms with Crippen LogP contribution in [0.1, 0.15) is 26.2 Å². The number of nitrogens with zero attached hydrogens (tertiary/aromatic N) is 2. The SMILES string of the molecule is BC1(C)CCCC2C1N(C)C(=S)N2C. The van der Waals surface area contributed by atoms with Gasteiger partial charge in [-0.05, 0) is 24.0 Å². The Morgan fingerprint density at radius 2 is 2.07 bits per heavy atom. The molecular formula is C10H19BN2S. The van der Waals surface area contributed by atoms with Crippen LogP contribution < -0.4 is 0 Å². The summed E-state index contributed by atoms with van der Waals surface area (Å²) >= 11 is 5.43. The Balaban J connectivity index is 2.32. The second-order valence-corrected chi connectivity index (χ2v) is 5.76. The second-order valence-electron chi connectivity index (χ2n) is 5.40. The molecule has 1 heterocycles. The van der Waals surface area contributed by atoms with E-state index in [4.69, 9.17) is 12.2 Å². The van der Waals surface area contributed by atoms with Gasteiger partial charge in [-0.25, -0.2) is 0 Å². The van der Waals surface area contributed by atoms with Crippen LogP contribution in [0.4, 0.5) is 0 Å². The highest BCUT2D eigenvalue weighted by Crippen LogP contribution is 2.46. The fourth-order valence-corrected chi connectivity index (χ4v) is 3.54. The zero-order chi connectivity index (χ0) is 10.5. The molecule has 1 aliphatic heterocycles. The second kappa shape index (κ2) is 3.12. The van der Waals surface area contributed by atoms with Crippen molar-refractivity contribution < 1.29 is 0 Å². The predicted molar refractivity (Wildman–Crippen MR) is 66.5 cm³/mol. The van der Waals surface area contributed by atoms with E-state index in [1.54, 1.807) is 0 Å². The third-order valence-corrected chi connectivity index (χ3v) is 4.58. The number of likely N-dealkylation sites (N-methyl/N-ethyl adjacent to an activating group) is 2. The van der Waals surface area contributed by atoms with Gasteiger partial charge in [-0.2, -0.15) is 0 Å². The summed E-state index contributed by atoms with van der Waals surface area (Å²) in [5, 5.41) is 1.43. The average Bonchev–Trinajstić information content (AvgIpc) is 2.31. The van der Waals surface area contributed by atoms with Gasteiger partial charge in [0.1, 0.15) is 7.85 Å². The Kier molecular flexibility index (Phi) is 2.29. The Bertz CT molecular complexity index is 267. The van der Waals surface area contributed by atoms with Crippen LogP contribution in [0.25, 0.3) is 0 Å². The monoisotopic (exact) mass is 210 g/mol. The molecule has 0 aromatic heterocycles. The summed E-state index contributed by atoms with van der Waals surface area (Å²) in [5.74, 6) is 0. The highest BCUT2D eigenvalue weighted by molar-refractivity contribution is 7.80. The first-order chi connectivity index (χ1) is 6.45. The summed E-state index contributed by atoms with van der Waals surface area (Å²) in [6.45, 7) is 2.38. The van der Waals surface area contributed by atoms with Gasteiger partial charge in [0, 0.05) is 20.1 Å². The van der Waals surface area contributed by atoms with Gasteiger partial charge in [0.05, 0.1) is 6.04 Å². The van der Waals surface area contributed by atoms with Gasteiger partial charge in [-0.3, -0.25) is 0 Å². The topological polar surface area (TPSA) is 6.48 Å². The van der Waals surface area contributed by atoms with Crippen molar-refractivity contribution in [2.75, 3.05) is 14.1 Å². The minimum absolute atomic E-state index is 0.409. The summed E-state index contributed by atoms with van der Waals surface area (Å²) in [6.07, 6.45) is 3.97. The number of fused-ring (bicyclic) bond motifs is 1. The van der Waals surface area contributed by atoms with E-state index in [-0.39, 0.29) is 0 Å². The van der Waals surface area contributed by atoms with Gasteiger partial charge in [0.2, 0.25) is 0 Å². The van der Waals surface area contributed by atoms with E-state index in [1.165, 1.54) is 19.3 Å². The van der Waals surface area contributed by atoms with Crippen molar-refractivity contribution in [2.45, 2.75) is 43.6 Å². The molecule has 0 N–H and O–H groups in total. The molecule has 2 aliphatic rings. The Morgan fingerprint density at radius 3 is 2.64 bits per heavy atom. The molecular weight excluding hydrogens is 191 g/mol. The fourth-order valence-electron chi connectivity index (χ4n) is 3.29.